The van der Waals surface area contributed by atoms with E-state index in [0.717, 1.165) is 16.7 Å². The Morgan fingerprint density at radius 1 is 1.29 bits per heavy atom. The van der Waals surface area contributed by atoms with E-state index in [1.807, 2.05) is 44.2 Å². The van der Waals surface area contributed by atoms with Gasteiger partial charge in [-0.25, -0.2) is 0 Å². The Morgan fingerprint density at radius 2 is 2.12 bits per heavy atom. The number of pyridine rings is 1. The molecule has 0 aliphatic heterocycles. The van der Waals surface area contributed by atoms with Crippen molar-refractivity contribution in [3.8, 4) is 5.75 Å². The van der Waals surface area contributed by atoms with Crippen LogP contribution in [-0.2, 0) is 6.42 Å². The highest BCUT2D eigenvalue weighted by atomic mass is 16.6. The van der Waals surface area contributed by atoms with E-state index in [-0.39, 0.29) is 11.1 Å². The lowest BCUT2D eigenvalue weighted by atomic mass is 9.89. The average molecular weight is 326 g/mol. The number of nitrogens with zero attached hydrogens (tertiary/aromatic N) is 2. The molecular formula is C18H18N2O4. The summed E-state index contributed by atoms with van der Waals surface area (Å²) < 4.78 is 11.1. The molecule has 2 aromatic heterocycles. The number of hydrogen-bond donors (Lipinski definition) is 0. The third-order valence-electron chi connectivity index (χ3n) is 3.76. The van der Waals surface area contributed by atoms with E-state index in [4.69, 9.17) is 9.15 Å². The number of aromatic nitrogens is 1. The molecule has 0 N–H and O–H groups in total. The van der Waals surface area contributed by atoms with E-state index in [9.17, 15) is 10.1 Å². The molecule has 0 aliphatic carbocycles. The first kappa shape index (κ1) is 16.0. The van der Waals surface area contributed by atoms with Crippen LogP contribution in [-0.4, -0.2) is 16.5 Å². The Labute approximate surface area is 139 Å². The van der Waals surface area contributed by atoms with Crippen LogP contribution in [0.1, 0.15) is 19.6 Å². The van der Waals surface area contributed by atoms with Crippen molar-refractivity contribution in [2.75, 3.05) is 6.61 Å². The molecule has 0 saturated heterocycles. The average Bonchev–Trinajstić information content (AvgIpc) is 3.00. The fourth-order valence-corrected chi connectivity index (χ4v) is 2.53. The lowest BCUT2D eigenvalue weighted by Crippen LogP contribution is -2.24. The molecular weight excluding hydrogens is 308 g/mol. The number of ether oxygens (including phenoxy) is 1. The zero-order valence-electron chi connectivity index (χ0n) is 13.6. The van der Waals surface area contributed by atoms with Gasteiger partial charge in [0.1, 0.15) is 5.75 Å². The number of rotatable bonds is 6. The minimum atomic E-state index is -0.426. The summed E-state index contributed by atoms with van der Waals surface area (Å²) in [4.78, 5) is 14.9. The topological polar surface area (TPSA) is 78.4 Å². The minimum absolute atomic E-state index is 0.0120. The van der Waals surface area contributed by atoms with Crippen molar-refractivity contribution in [3.63, 3.8) is 0 Å². The van der Waals surface area contributed by atoms with E-state index in [2.05, 4.69) is 4.98 Å². The van der Waals surface area contributed by atoms with Gasteiger partial charge in [0.25, 0.3) is 0 Å². The predicted octanol–water partition coefficient (Wildman–Crippen LogP) is 4.38. The lowest BCUT2D eigenvalue weighted by molar-refractivity contribution is -0.386. The first-order chi connectivity index (χ1) is 11.4. The van der Waals surface area contributed by atoms with Crippen molar-refractivity contribution >= 4 is 16.6 Å². The van der Waals surface area contributed by atoms with Crippen LogP contribution in [0.3, 0.4) is 0 Å². The van der Waals surface area contributed by atoms with Crippen LogP contribution in [0.2, 0.25) is 0 Å². The van der Waals surface area contributed by atoms with Crippen LogP contribution >= 0.6 is 0 Å². The van der Waals surface area contributed by atoms with Crippen molar-refractivity contribution in [3.05, 3.63) is 64.7 Å². The summed E-state index contributed by atoms with van der Waals surface area (Å²) in [5, 5.41) is 12.0. The third kappa shape index (κ3) is 3.53. The van der Waals surface area contributed by atoms with Crippen molar-refractivity contribution in [2.24, 2.45) is 5.41 Å². The molecule has 0 atom stereocenters. The van der Waals surface area contributed by atoms with Crippen molar-refractivity contribution in [2.45, 2.75) is 20.3 Å². The van der Waals surface area contributed by atoms with E-state index >= 15 is 0 Å². The summed E-state index contributed by atoms with van der Waals surface area (Å²) in [5.41, 5.74) is 0.564. The summed E-state index contributed by atoms with van der Waals surface area (Å²) >= 11 is 0. The number of fused-ring (bicyclic) bond motifs is 1. The third-order valence-corrected chi connectivity index (χ3v) is 3.76. The van der Waals surface area contributed by atoms with E-state index in [1.54, 1.807) is 6.20 Å². The molecule has 6 nitrogen and oxygen atoms in total. The van der Waals surface area contributed by atoms with Gasteiger partial charge in [-0.05, 0) is 18.2 Å². The second-order valence-electron chi connectivity index (χ2n) is 6.47. The van der Waals surface area contributed by atoms with Gasteiger partial charge in [-0.15, -0.1) is 0 Å². The molecule has 0 radical (unpaired) electrons. The van der Waals surface area contributed by atoms with Crippen LogP contribution in [0.25, 0.3) is 10.9 Å². The molecule has 0 spiro atoms. The zero-order valence-corrected chi connectivity index (χ0v) is 13.6. The highest BCUT2D eigenvalue weighted by molar-refractivity contribution is 5.79. The van der Waals surface area contributed by atoms with E-state index < -0.39 is 4.92 Å². The monoisotopic (exact) mass is 326 g/mol. The van der Waals surface area contributed by atoms with Gasteiger partial charge in [-0.3, -0.25) is 15.1 Å². The van der Waals surface area contributed by atoms with Crippen LogP contribution in [0.5, 0.6) is 5.75 Å². The molecule has 0 bridgehead atoms. The standard InChI is InChI=1S/C18H18N2O4/c1-18(2,11-17-16(20(21)22)7-9-23-17)12-24-14-6-5-13-4-3-8-19-15(13)10-14/h3-10H,11-12H2,1-2H3. The molecule has 0 aliphatic rings. The molecule has 0 amide bonds. The minimum Gasteiger partial charge on any atom is -0.493 e. The van der Waals surface area contributed by atoms with Crippen molar-refractivity contribution in [1.82, 2.24) is 4.98 Å². The maximum absolute atomic E-state index is 11.0. The molecule has 0 fully saturated rings. The SMILES string of the molecule is CC(C)(COc1ccc2cccnc2c1)Cc1occc1[N+](=O)[O-]. The Morgan fingerprint density at radius 3 is 2.92 bits per heavy atom. The molecule has 3 aromatic rings. The number of nitro groups is 1. The Bertz CT molecular complexity index is 870. The maximum atomic E-state index is 11.0. The highest BCUT2D eigenvalue weighted by Crippen LogP contribution is 2.30. The Hall–Kier alpha value is -2.89. The van der Waals surface area contributed by atoms with Crippen LogP contribution in [0, 0.1) is 15.5 Å². The number of benzene rings is 1. The van der Waals surface area contributed by atoms with Crippen LogP contribution < -0.4 is 4.74 Å². The quantitative estimate of drug-likeness (QED) is 0.496. The zero-order chi connectivity index (χ0) is 17.2. The summed E-state index contributed by atoms with van der Waals surface area (Å²) in [6.45, 7) is 4.38. The normalized spacial score (nSPS) is 11.6. The van der Waals surface area contributed by atoms with Crippen LogP contribution in [0.15, 0.2) is 53.3 Å². The van der Waals surface area contributed by atoms with Gasteiger partial charge in [0.15, 0.2) is 5.76 Å². The van der Waals surface area contributed by atoms with Gasteiger partial charge < -0.3 is 9.15 Å². The van der Waals surface area contributed by atoms with Gasteiger partial charge in [0.2, 0.25) is 0 Å². The van der Waals surface area contributed by atoms with Crippen molar-refractivity contribution < 1.29 is 14.1 Å². The number of furan rings is 1. The summed E-state index contributed by atoms with van der Waals surface area (Å²) in [5.74, 6) is 1.09. The van der Waals surface area contributed by atoms with Crippen LogP contribution in [0.4, 0.5) is 5.69 Å². The summed E-state index contributed by atoms with van der Waals surface area (Å²) in [6, 6.07) is 11.0. The largest absolute Gasteiger partial charge is 0.493 e. The maximum Gasteiger partial charge on any atom is 0.310 e. The smallest absolute Gasteiger partial charge is 0.310 e. The van der Waals surface area contributed by atoms with E-state index in [0.29, 0.717) is 18.8 Å². The molecule has 6 heteroatoms. The van der Waals surface area contributed by atoms with Gasteiger partial charge >= 0.3 is 5.69 Å². The second kappa shape index (κ2) is 6.31. The molecule has 0 saturated carbocycles. The Balaban J connectivity index is 1.69. The van der Waals surface area contributed by atoms with Gasteiger partial charge in [0.05, 0.1) is 29.4 Å². The molecule has 2 heterocycles. The molecule has 124 valence electrons. The Kier molecular flexibility index (Phi) is 4.20. The van der Waals surface area contributed by atoms with E-state index in [1.165, 1.54) is 12.3 Å². The first-order valence-electron chi connectivity index (χ1n) is 7.63. The predicted molar refractivity (Wildman–Crippen MR) is 90.1 cm³/mol. The second-order valence-corrected chi connectivity index (χ2v) is 6.47. The van der Waals surface area contributed by atoms with Gasteiger partial charge in [0, 0.05) is 29.5 Å². The molecule has 1 aromatic carbocycles. The molecule has 3 rings (SSSR count). The van der Waals surface area contributed by atoms with Gasteiger partial charge in [-0.2, -0.15) is 0 Å². The fourth-order valence-electron chi connectivity index (χ4n) is 2.53. The van der Waals surface area contributed by atoms with Gasteiger partial charge in [-0.1, -0.05) is 19.9 Å². The highest BCUT2D eigenvalue weighted by Gasteiger charge is 2.27. The summed E-state index contributed by atoms with van der Waals surface area (Å²) in [7, 11) is 0. The fraction of sp³-hybridized carbons (Fsp3) is 0.278. The molecule has 0 unspecified atom stereocenters. The lowest BCUT2D eigenvalue weighted by Gasteiger charge is -2.23. The van der Waals surface area contributed by atoms with Crippen molar-refractivity contribution in [1.29, 1.82) is 0 Å². The molecule has 24 heavy (non-hydrogen) atoms. The first-order valence-corrected chi connectivity index (χ1v) is 7.63. The summed E-state index contributed by atoms with van der Waals surface area (Å²) in [6.07, 6.45) is 3.51. The number of hydrogen-bond acceptors (Lipinski definition) is 5.